The number of nitrogens with zero attached hydrogens (tertiary/aromatic N) is 4. The summed E-state index contributed by atoms with van der Waals surface area (Å²) in [5.74, 6) is 1.50. The van der Waals surface area contributed by atoms with Gasteiger partial charge in [0.15, 0.2) is 5.65 Å². The smallest absolute Gasteiger partial charge is 0.165 e. The third-order valence-electron chi connectivity index (χ3n) is 7.09. The molecule has 0 radical (unpaired) electrons. The molecule has 3 heterocycles. The van der Waals surface area contributed by atoms with E-state index in [2.05, 4.69) is 45.9 Å². The van der Waals surface area contributed by atoms with E-state index >= 15 is 0 Å². The van der Waals surface area contributed by atoms with E-state index in [9.17, 15) is 0 Å². The molecule has 7 nitrogen and oxygen atoms in total. The van der Waals surface area contributed by atoms with Crippen LogP contribution < -0.4 is 15.4 Å². The van der Waals surface area contributed by atoms with Crippen LogP contribution in [-0.2, 0) is 6.54 Å². The predicted molar refractivity (Wildman–Crippen MR) is 156 cm³/mol. The molecule has 0 aliphatic carbocycles. The van der Waals surface area contributed by atoms with Gasteiger partial charge in [0, 0.05) is 43.0 Å². The highest BCUT2D eigenvalue weighted by molar-refractivity contribution is 6.39. The zero-order valence-electron chi connectivity index (χ0n) is 22.1. The number of anilines is 1. The van der Waals surface area contributed by atoms with Gasteiger partial charge in [-0.05, 0) is 57.5 Å². The van der Waals surface area contributed by atoms with Crippen LogP contribution in [-0.4, -0.2) is 58.8 Å². The number of nitrogens with one attached hydrogen (secondary N) is 2. The first-order chi connectivity index (χ1) is 18.4. The first kappa shape index (κ1) is 26.8. The van der Waals surface area contributed by atoms with Gasteiger partial charge in [-0.3, -0.25) is 4.90 Å². The summed E-state index contributed by atoms with van der Waals surface area (Å²) in [7, 11) is 1.59. The molecule has 0 saturated carbocycles. The molecular formula is C29H34Cl2N6O. The van der Waals surface area contributed by atoms with Gasteiger partial charge in [-0.15, -0.1) is 0 Å². The SMILES string of the molecule is COc1cc(Cl)c(-c2c(C)nn3c(NCCNC4CCN(Cc5ccccc5)CC4)cc(C)nc23)c(Cl)c1. The summed E-state index contributed by atoms with van der Waals surface area (Å²) in [6, 6.07) is 16.8. The van der Waals surface area contributed by atoms with E-state index in [-0.39, 0.29) is 0 Å². The maximum absolute atomic E-state index is 6.63. The Kier molecular flexibility index (Phi) is 8.39. The molecule has 2 N–H and O–H groups in total. The fourth-order valence-corrected chi connectivity index (χ4v) is 5.83. The van der Waals surface area contributed by atoms with Crippen molar-refractivity contribution in [3.05, 3.63) is 75.5 Å². The summed E-state index contributed by atoms with van der Waals surface area (Å²) in [6.07, 6.45) is 2.33. The number of hydrogen-bond acceptors (Lipinski definition) is 6. The van der Waals surface area contributed by atoms with E-state index in [4.69, 9.17) is 38.0 Å². The van der Waals surface area contributed by atoms with Crippen molar-refractivity contribution in [1.29, 1.82) is 0 Å². The minimum Gasteiger partial charge on any atom is -0.497 e. The maximum atomic E-state index is 6.63. The highest BCUT2D eigenvalue weighted by atomic mass is 35.5. The summed E-state index contributed by atoms with van der Waals surface area (Å²) < 4.78 is 7.15. The Balaban J connectivity index is 1.22. The number of ether oxygens (including phenoxy) is 1. The van der Waals surface area contributed by atoms with E-state index < -0.39 is 0 Å². The Morgan fingerprint density at radius 3 is 2.37 bits per heavy atom. The van der Waals surface area contributed by atoms with Crippen LogP contribution in [0.3, 0.4) is 0 Å². The Morgan fingerprint density at radius 2 is 1.68 bits per heavy atom. The zero-order valence-corrected chi connectivity index (χ0v) is 23.6. The molecule has 1 fully saturated rings. The average Bonchev–Trinajstić information content (AvgIpc) is 3.23. The van der Waals surface area contributed by atoms with Gasteiger partial charge in [0.2, 0.25) is 0 Å². The first-order valence-corrected chi connectivity index (χ1v) is 13.8. The van der Waals surface area contributed by atoms with E-state index in [1.165, 1.54) is 5.56 Å². The number of methoxy groups -OCH3 is 1. The Bertz CT molecular complexity index is 1380. The summed E-state index contributed by atoms with van der Waals surface area (Å²) in [6.45, 7) is 8.86. The molecular weight excluding hydrogens is 519 g/mol. The van der Waals surface area contributed by atoms with Crippen LogP contribution >= 0.6 is 23.2 Å². The number of piperidine rings is 1. The number of fused-ring (bicyclic) bond motifs is 1. The molecule has 0 atom stereocenters. The lowest BCUT2D eigenvalue weighted by molar-refractivity contribution is 0.191. The molecule has 5 rings (SSSR count). The lowest BCUT2D eigenvalue weighted by Gasteiger charge is -2.32. The fourth-order valence-electron chi connectivity index (χ4n) is 5.17. The van der Waals surface area contributed by atoms with Crippen molar-refractivity contribution in [1.82, 2.24) is 24.8 Å². The molecule has 1 saturated heterocycles. The topological polar surface area (TPSA) is 66.7 Å². The van der Waals surface area contributed by atoms with Crippen molar-refractivity contribution in [2.45, 2.75) is 39.3 Å². The summed E-state index contributed by atoms with van der Waals surface area (Å²) in [5, 5.41) is 13.1. The summed E-state index contributed by atoms with van der Waals surface area (Å²) >= 11 is 13.3. The lowest BCUT2D eigenvalue weighted by Crippen LogP contribution is -2.43. The normalized spacial score (nSPS) is 14.8. The van der Waals surface area contributed by atoms with Gasteiger partial charge >= 0.3 is 0 Å². The van der Waals surface area contributed by atoms with Crippen LogP contribution in [0.1, 0.15) is 29.8 Å². The Labute approximate surface area is 234 Å². The average molecular weight is 554 g/mol. The van der Waals surface area contributed by atoms with Crippen LogP contribution in [0.5, 0.6) is 5.75 Å². The highest BCUT2D eigenvalue weighted by Gasteiger charge is 2.22. The van der Waals surface area contributed by atoms with E-state index in [0.29, 0.717) is 27.4 Å². The molecule has 1 aliphatic rings. The molecule has 0 spiro atoms. The molecule has 200 valence electrons. The van der Waals surface area contributed by atoms with E-state index in [0.717, 1.165) is 74.0 Å². The molecule has 2 aromatic carbocycles. The first-order valence-electron chi connectivity index (χ1n) is 13.1. The molecule has 4 aromatic rings. The number of likely N-dealkylation sites (tertiary alicyclic amines) is 1. The van der Waals surface area contributed by atoms with Crippen molar-refractivity contribution < 1.29 is 4.74 Å². The monoisotopic (exact) mass is 552 g/mol. The predicted octanol–water partition coefficient (Wildman–Crippen LogP) is 5.99. The Morgan fingerprint density at radius 1 is 0.974 bits per heavy atom. The van der Waals surface area contributed by atoms with Gasteiger partial charge in [-0.2, -0.15) is 9.61 Å². The zero-order chi connectivity index (χ0) is 26.6. The quantitative estimate of drug-likeness (QED) is 0.248. The number of aryl methyl sites for hydroxylation is 2. The van der Waals surface area contributed by atoms with Crippen molar-refractivity contribution in [3.63, 3.8) is 0 Å². The van der Waals surface area contributed by atoms with Gasteiger partial charge in [-0.1, -0.05) is 53.5 Å². The number of hydrogen-bond donors (Lipinski definition) is 2. The second-order valence-corrected chi connectivity index (χ2v) is 10.7. The van der Waals surface area contributed by atoms with Crippen molar-refractivity contribution in [3.8, 4) is 16.9 Å². The third-order valence-corrected chi connectivity index (χ3v) is 7.69. The van der Waals surface area contributed by atoms with Crippen LogP contribution in [0.25, 0.3) is 16.8 Å². The maximum Gasteiger partial charge on any atom is 0.165 e. The molecule has 9 heteroatoms. The number of halogens is 2. The van der Waals surface area contributed by atoms with Gasteiger partial charge in [0.05, 0.1) is 28.4 Å². The molecule has 0 bridgehead atoms. The molecule has 38 heavy (non-hydrogen) atoms. The standard InChI is InChI=1S/C29H34Cl2N6O/c1-19-15-26(33-12-11-32-22-9-13-36(14-10-22)18-21-7-5-4-6-8-21)37-29(34-19)27(20(2)35-37)28-24(30)16-23(38-3)17-25(28)31/h4-8,15-17,22,32-33H,9-14,18H2,1-3H3. The van der Waals surface area contributed by atoms with Crippen LogP contribution in [0.2, 0.25) is 10.0 Å². The Hall–Kier alpha value is -2.84. The van der Waals surface area contributed by atoms with Crippen molar-refractivity contribution in [2.24, 2.45) is 0 Å². The largest absolute Gasteiger partial charge is 0.497 e. The van der Waals surface area contributed by atoms with Crippen LogP contribution in [0.15, 0.2) is 48.5 Å². The van der Waals surface area contributed by atoms with Gasteiger partial charge in [0.25, 0.3) is 0 Å². The van der Waals surface area contributed by atoms with Gasteiger partial charge in [0.1, 0.15) is 11.6 Å². The third kappa shape index (κ3) is 5.91. The minimum absolute atomic E-state index is 0.504. The fraction of sp³-hybridized carbons (Fsp3) is 0.379. The molecule has 0 amide bonds. The molecule has 1 aliphatic heterocycles. The number of aromatic nitrogens is 3. The second-order valence-electron chi connectivity index (χ2n) is 9.86. The van der Waals surface area contributed by atoms with Crippen molar-refractivity contribution in [2.75, 3.05) is 38.6 Å². The second kappa shape index (κ2) is 11.9. The highest BCUT2D eigenvalue weighted by Crippen LogP contribution is 2.41. The summed E-state index contributed by atoms with van der Waals surface area (Å²) in [5.41, 5.74) is 5.34. The molecule has 0 unspecified atom stereocenters. The summed E-state index contributed by atoms with van der Waals surface area (Å²) in [4.78, 5) is 7.33. The minimum atomic E-state index is 0.504. The molecule has 2 aromatic heterocycles. The van der Waals surface area contributed by atoms with Gasteiger partial charge < -0.3 is 15.4 Å². The lowest BCUT2D eigenvalue weighted by atomic mass is 10.0. The number of benzene rings is 2. The van der Waals surface area contributed by atoms with Crippen LogP contribution in [0, 0.1) is 13.8 Å². The van der Waals surface area contributed by atoms with Crippen LogP contribution in [0.4, 0.5) is 5.82 Å². The van der Waals surface area contributed by atoms with E-state index in [1.54, 1.807) is 19.2 Å². The van der Waals surface area contributed by atoms with E-state index in [1.807, 2.05) is 24.4 Å². The number of rotatable bonds is 9. The van der Waals surface area contributed by atoms with Crippen molar-refractivity contribution >= 4 is 34.7 Å². The van der Waals surface area contributed by atoms with Gasteiger partial charge in [-0.25, -0.2) is 4.98 Å².